The fraction of sp³-hybridized carbons (Fsp3) is 1.00. The van der Waals surface area contributed by atoms with Crippen molar-refractivity contribution in [1.82, 2.24) is 0 Å². The van der Waals surface area contributed by atoms with Crippen molar-refractivity contribution in [3.63, 3.8) is 0 Å². The molecule has 0 saturated heterocycles. The third kappa shape index (κ3) is 115. The van der Waals surface area contributed by atoms with Crippen molar-refractivity contribution in [2.24, 2.45) is 0 Å². The average molecular weight is 1730 g/mol. The smallest absolute Gasteiger partial charge is 0.0701 e. The van der Waals surface area contributed by atoms with Crippen molar-refractivity contribution in [2.45, 2.75) is 71.1 Å². The van der Waals surface area contributed by atoms with Gasteiger partial charge in [0.25, 0.3) is 0 Å². The molecule has 0 bridgehead atoms. The molecular weight excluding hydrogens is 1560 g/mol. The highest BCUT2D eigenvalue weighted by molar-refractivity contribution is 4.50. The van der Waals surface area contributed by atoms with Crippen LogP contribution in [-0.2, 0) is 166 Å². The summed E-state index contributed by atoms with van der Waals surface area (Å²) in [6, 6.07) is 0. The fourth-order valence-corrected chi connectivity index (χ4v) is 9.34. The molecule has 0 atom stereocenters. The molecule has 0 saturated carbocycles. The zero-order chi connectivity index (χ0) is 84.0. The molecular formula is C82H166O36. The molecule has 0 aliphatic heterocycles. The van der Waals surface area contributed by atoms with Gasteiger partial charge in [0.05, 0.1) is 462 Å². The molecule has 710 valence electrons. The molecule has 0 unspecified atom stereocenters. The summed E-state index contributed by atoms with van der Waals surface area (Å²) in [7, 11) is 0. The number of unbranched alkanes of at least 4 members (excludes halogenated alkanes) is 9. The number of aliphatic hydroxyl groups is 1. The van der Waals surface area contributed by atoms with Crippen molar-refractivity contribution in [3.8, 4) is 0 Å². The highest BCUT2D eigenvalue weighted by Gasteiger charge is 2.05. The van der Waals surface area contributed by atoms with Crippen molar-refractivity contribution in [2.75, 3.05) is 469 Å². The van der Waals surface area contributed by atoms with Gasteiger partial charge in [0.1, 0.15) is 0 Å². The molecule has 0 spiro atoms. The minimum absolute atomic E-state index is 0.0157. The van der Waals surface area contributed by atoms with Crippen LogP contribution in [0.1, 0.15) is 71.1 Å². The Kier molecular flexibility index (Phi) is 114. The molecule has 0 rings (SSSR count). The maximum absolute atomic E-state index is 8.63. The monoisotopic (exact) mass is 1730 g/mol. The maximum atomic E-state index is 8.63. The Morgan fingerprint density at radius 3 is 0.263 bits per heavy atom. The largest absolute Gasteiger partial charge is 0.394 e. The van der Waals surface area contributed by atoms with E-state index < -0.39 is 0 Å². The molecule has 0 amide bonds. The van der Waals surface area contributed by atoms with Gasteiger partial charge in [-0.3, -0.25) is 0 Å². The van der Waals surface area contributed by atoms with Gasteiger partial charge in [0.15, 0.2) is 0 Å². The van der Waals surface area contributed by atoms with E-state index in [1.807, 2.05) is 0 Å². The van der Waals surface area contributed by atoms with Crippen LogP contribution in [0.5, 0.6) is 0 Å². The second kappa shape index (κ2) is 116. The minimum atomic E-state index is 0.0157. The van der Waals surface area contributed by atoms with Gasteiger partial charge in [-0.15, -0.1) is 0 Å². The zero-order valence-electron chi connectivity index (χ0n) is 73.0. The van der Waals surface area contributed by atoms with Gasteiger partial charge in [0.2, 0.25) is 0 Å². The van der Waals surface area contributed by atoms with Crippen LogP contribution in [-0.4, -0.2) is 474 Å². The van der Waals surface area contributed by atoms with Crippen LogP contribution in [0.15, 0.2) is 0 Å². The van der Waals surface area contributed by atoms with Crippen LogP contribution in [0, 0.1) is 0 Å². The van der Waals surface area contributed by atoms with Gasteiger partial charge in [-0.25, -0.2) is 0 Å². The highest BCUT2D eigenvalue weighted by Crippen LogP contribution is 2.11. The van der Waals surface area contributed by atoms with Gasteiger partial charge >= 0.3 is 0 Å². The summed E-state index contributed by atoms with van der Waals surface area (Å²) in [6.45, 7) is 36.8. The molecule has 0 aromatic carbocycles. The lowest BCUT2D eigenvalue weighted by molar-refractivity contribution is -0.0327. The Bertz CT molecular complexity index is 1520. The summed E-state index contributed by atoms with van der Waals surface area (Å²) >= 11 is 0. The summed E-state index contributed by atoms with van der Waals surface area (Å²) in [6.07, 6.45) is 13.3. The first-order valence-electron chi connectivity index (χ1n) is 43.7. The quantitative estimate of drug-likeness (QED) is 0.0820. The number of rotatable bonds is 115. The zero-order valence-corrected chi connectivity index (χ0v) is 73.0. The van der Waals surface area contributed by atoms with E-state index in [0.717, 1.165) is 13.0 Å². The minimum Gasteiger partial charge on any atom is -0.394 e. The van der Waals surface area contributed by atoms with E-state index in [0.29, 0.717) is 456 Å². The molecule has 0 aromatic heterocycles. The number of aliphatic hydroxyl groups excluding tert-OH is 1. The first-order chi connectivity index (χ1) is 58.9. The lowest BCUT2D eigenvalue weighted by Crippen LogP contribution is -2.16. The second-order valence-corrected chi connectivity index (χ2v) is 25.3. The van der Waals surface area contributed by atoms with Crippen LogP contribution in [0.2, 0.25) is 0 Å². The van der Waals surface area contributed by atoms with Gasteiger partial charge in [-0.1, -0.05) is 64.7 Å². The highest BCUT2D eigenvalue weighted by atomic mass is 16.6. The van der Waals surface area contributed by atoms with E-state index in [-0.39, 0.29) is 6.61 Å². The Morgan fingerprint density at radius 1 is 0.0932 bits per heavy atom. The molecule has 0 heterocycles. The van der Waals surface area contributed by atoms with Crippen LogP contribution in [0.3, 0.4) is 0 Å². The van der Waals surface area contributed by atoms with Crippen molar-refractivity contribution < 1.29 is 171 Å². The van der Waals surface area contributed by atoms with Gasteiger partial charge in [-0.05, 0) is 6.42 Å². The molecule has 0 fully saturated rings. The summed E-state index contributed by atoms with van der Waals surface area (Å²) in [5.41, 5.74) is 0. The summed E-state index contributed by atoms with van der Waals surface area (Å²) < 4.78 is 193. The Labute approximate surface area is 708 Å². The fourth-order valence-electron chi connectivity index (χ4n) is 9.34. The predicted molar refractivity (Wildman–Crippen MR) is 438 cm³/mol. The lowest BCUT2D eigenvalue weighted by atomic mass is 10.1. The van der Waals surface area contributed by atoms with Crippen molar-refractivity contribution in [1.29, 1.82) is 0 Å². The average Bonchev–Trinajstić information content (AvgIpc) is 2.20. The Hall–Kier alpha value is -1.44. The second-order valence-electron chi connectivity index (χ2n) is 25.3. The van der Waals surface area contributed by atoms with Crippen molar-refractivity contribution in [3.05, 3.63) is 0 Å². The van der Waals surface area contributed by atoms with E-state index in [1.165, 1.54) is 57.8 Å². The van der Waals surface area contributed by atoms with E-state index in [9.17, 15) is 0 Å². The van der Waals surface area contributed by atoms with E-state index >= 15 is 0 Å². The maximum Gasteiger partial charge on any atom is 0.0701 e. The third-order valence-corrected chi connectivity index (χ3v) is 15.5. The molecule has 36 nitrogen and oxygen atoms in total. The standard InChI is InChI=1S/C82H166O36/c1-2-3-4-5-6-7-8-9-10-11-13-84-15-17-86-19-21-88-23-25-90-27-29-92-31-33-94-35-37-96-39-41-98-43-45-100-47-49-102-51-53-104-55-57-106-59-61-108-63-65-110-67-69-112-71-73-114-75-77-116-79-81-118-82-80-117-78-76-115-74-72-113-70-68-111-66-64-109-62-60-107-58-56-105-54-52-103-50-48-101-46-44-99-42-40-97-38-36-95-34-32-93-30-28-91-26-24-89-22-20-87-18-16-85-14-12-83/h83H,2-82H2,1H3. The SMILES string of the molecule is CCCCCCCCCCCCOCCOCCOCCOCCOCCOCCOCCOCCOCCOCCOCCOCCOCCOCCOCCOCCOCCOCCOCCOCCOCCOCCOCCOCCOCCOCCOCCOCCOCCOCCOCCOCCOCCOCCOCCO. The third-order valence-electron chi connectivity index (χ3n) is 15.5. The lowest BCUT2D eigenvalue weighted by Gasteiger charge is -2.09. The molecule has 0 aliphatic carbocycles. The number of hydrogen-bond acceptors (Lipinski definition) is 36. The van der Waals surface area contributed by atoms with Gasteiger partial charge in [-0.2, -0.15) is 0 Å². The van der Waals surface area contributed by atoms with E-state index in [4.69, 9.17) is 171 Å². The van der Waals surface area contributed by atoms with Gasteiger partial charge < -0.3 is 171 Å². The number of hydrogen-bond donors (Lipinski definition) is 1. The first-order valence-corrected chi connectivity index (χ1v) is 43.7. The molecule has 36 heteroatoms. The molecule has 0 radical (unpaired) electrons. The van der Waals surface area contributed by atoms with Crippen LogP contribution < -0.4 is 0 Å². The Morgan fingerprint density at radius 2 is 0.169 bits per heavy atom. The summed E-state index contributed by atoms with van der Waals surface area (Å²) in [5, 5.41) is 8.63. The summed E-state index contributed by atoms with van der Waals surface area (Å²) in [4.78, 5) is 0. The first kappa shape index (κ1) is 117. The van der Waals surface area contributed by atoms with E-state index in [1.54, 1.807) is 0 Å². The van der Waals surface area contributed by atoms with Gasteiger partial charge in [0, 0.05) is 6.61 Å². The molecule has 118 heavy (non-hydrogen) atoms. The number of ether oxygens (including phenoxy) is 35. The molecule has 0 aliphatic rings. The van der Waals surface area contributed by atoms with Crippen LogP contribution in [0.25, 0.3) is 0 Å². The van der Waals surface area contributed by atoms with Crippen molar-refractivity contribution >= 4 is 0 Å². The van der Waals surface area contributed by atoms with Crippen LogP contribution in [0.4, 0.5) is 0 Å². The predicted octanol–water partition coefficient (Wildman–Crippen LogP) is 4.48. The molecule has 0 aromatic rings. The Balaban J connectivity index is 3.10. The molecule has 1 N–H and O–H groups in total. The van der Waals surface area contributed by atoms with Crippen LogP contribution >= 0.6 is 0 Å². The van der Waals surface area contributed by atoms with E-state index in [2.05, 4.69) is 6.92 Å². The normalized spacial score (nSPS) is 11.8. The summed E-state index contributed by atoms with van der Waals surface area (Å²) in [5.74, 6) is 0. The topological polar surface area (TPSA) is 343 Å².